The van der Waals surface area contributed by atoms with Crippen molar-refractivity contribution in [1.29, 1.82) is 0 Å². The van der Waals surface area contributed by atoms with Crippen LogP contribution in [0.4, 0.5) is 13.2 Å². The molecule has 0 amide bonds. The van der Waals surface area contributed by atoms with E-state index in [4.69, 9.17) is 33.2 Å². The summed E-state index contributed by atoms with van der Waals surface area (Å²) in [5.41, 5.74) is 7.39. The second kappa shape index (κ2) is 28.4. The third-order valence-corrected chi connectivity index (χ3v) is 14.9. The summed E-state index contributed by atoms with van der Waals surface area (Å²) in [6.07, 6.45) is 1.83. The number of aliphatic hydroxyl groups is 2. The largest absolute Gasteiger partial charge is 0.497 e. The minimum atomic E-state index is -0.446. The highest BCUT2D eigenvalue weighted by Gasteiger charge is 2.35. The summed E-state index contributed by atoms with van der Waals surface area (Å²) < 4.78 is 81.8. The molecule has 0 bridgehead atoms. The molecule has 0 spiro atoms. The Labute approximate surface area is 455 Å². The second-order valence-corrected chi connectivity index (χ2v) is 20.9. The number of benzene rings is 6. The highest BCUT2D eigenvalue weighted by molar-refractivity contribution is 5.91. The van der Waals surface area contributed by atoms with Gasteiger partial charge in [0, 0.05) is 38.0 Å². The van der Waals surface area contributed by atoms with Crippen LogP contribution in [0.5, 0.6) is 17.2 Å². The summed E-state index contributed by atoms with van der Waals surface area (Å²) in [7, 11) is 10.9. The van der Waals surface area contributed by atoms with Gasteiger partial charge in [0.25, 0.3) is 0 Å². The van der Waals surface area contributed by atoms with Crippen molar-refractivity contribution in [3.8, 4) is 50.6 Å². The van der Waals surface area contributed by atoms with Gasteiger partial charge < -0.3 is 43.4 Å². The maximum absolute atomic E-state index is 14.7. The number of ether oxygens (including phenoxy) is 7. The van der Waals surface area contributed by atoms with Gasteiger partial charge >= 0.3 is 5.97 Å². The molecule has 13 heteroatoms. The Morgan fingerprint density at radius 3 is 0.987 bits per heavy atom. The van der Waals surface area contributed by atoms with Crippen LogP contribution in [0.25, 0.3) is 33.4 Å². The van der Waals surface area contributed by atoms with Crippen LogP contribution in [0.1, 0.15) is 138 Å². The number of hydrogen-bond acceptors (Lipinski definition) is 10. The Balaban J connectivity index is 0.000000250. The molecule has 0 saturated carbocycles. The third-order valence-electron chi connectivity index (χ3n) is 14.9. The van der Waals surface area contributed by atoms with Crippen LogP contribution in [-0.2, 0) is 32.2 Å². The molecule has 1 unspecified atom stereocenters. The fraction of sp³-hybridized carbons (Fsp3) is 0.422. The van der Waals surface area contributed by atoms with Gasteiger partial charge in [-0.3, -0.25) is 0 Å². The number of carbonyl (C=O) groups excluding carboxylic acids is 1. The molecule has 418 valence electrons. The van der Waals surface area contributed by atoms with E-state index in [1.807, 2.05) is 36.4 Å². The predicted octanol–water partition coefficient (Wildman–Crippen LogP) is 15.6. The van der Waals surface area contributed by atoms with E-state index < -0.39 is 5.97 Å². The van der Waals surface area contributed by atoms with E-state index in [0.717, 1.165) is 58.2 Å². The van der Waals surface area contributed by atoms with Gasteiger partial charge in [-0.15, -0.1) is 0 Å². The molecule has 0 fully saturated rings. The molecule has 6 rings (SSSR count). The SMILES string of the molecule is CCC(C)(C)C(OC)c1cc(C(=O)OC)ccc1-c1cc(OC)ccc1F.CCC(C)(C)[C@@H](OC)c1cc(CO)ccc1-c1cc(OC)ccc1F.CCC(C)(C)[C@H](OC)c1cc(CO)ccc1-c1cc(OC)ccc1F. The lowest BCUT2D eigenvalue weighted by molar-refractivity contribution is 0.00321. The maximum atomic E-state index is 14.7. The zero-order chi connectivity index (χ0) is 57.4. The first-order valence-electron chi connectivity index (χ1n) is 25.8. The van der Waals surface area contributed by atoms with Crippen molar-refractivity contribution in [2.45, 2.75) is 113 Å². The van der Waals surface area contributed by atoms with Crippen molar-refractivity contribution in [3.63, 3.8) is 0 Å². The normalized spacial score (nSPS) is 12.8. The zero-order valence-electron chi connectivity index (χ0n) is 48.0. The molecule has 10 nitrogen and oxygen atoms in total. The van der Waals surface area contributed by atoms with Gasteiger partial charge in [0.2, 0.25) is 0 Å². The monoisotopic (exact) mass is 1070 g/mol. The molecule has 6 aromatic carbocycles. The van der Waals surface area contributed by atoms with Crippen LogP contribution >= 0.6 is 0 Å². The Kier molecular flexibility index (Phi) is 23.4. The van der Waals surface area contributed by atoms with Gasteiger partial charge in [-0.1, -0.05) is 105 Å². The summed E-state index contributed by atoms with van der Waals surface area (Å²) in [6.45, 7) is 18.8. The number of halogens is 3. The molecule has 0 aliphatic rings. The number of hydrogen-bond donors (Lipinski definition) is 2. The van der Waals surface area contributed by atoms with Gasteiger partial charge in [0.15, 0.2) is 0 Å². The lowest BCUT2D eigenvalue weighted by atomic mass is 9.77. The van der Waals surface area contributed by atoms with Gasteiger partial charge in [0.1, 0.15) is 34.7 Å². The molecule has 6 aromatic rings. The molecule has 0 radical (unpaired) electrons. The van der Waals surface area contributed by atoms with E-state index in [9.17, 15) is 28.2 Å². The second-order valence-electron chi connectivity index (χ2n) is 20.9. The Morgan fingerprint density at radius 2 is 0.727 bits per heavy atom. The molecule has 0 aromatic heterocycles. The molecule has 0 aliphatic carbocycles. The molecule has 0 heterocycles. The van der Waals surface area contributed by atoms with E-state index in [1.54, 1.807) is 90.1 Å². The van der Waals surface area contributed by atoms with E-state index >= 15 is 0 Å². The van der Waals surface area contributed by atoms with Gasteiger partial charge in [0.05, 0.1) is 65.5 Å². The van der Waals surface area contributed by atoms with Gasteiger partial charge in [-0.2, -0.15) is 0 Å². The number of carbonyl (C=O) groups is 1. The first-order valence-corrected chi connectivity index (χ1v) is 25.8. The molecule has 77 heavy (non-hydrogen) atoms. The lowest BCUT2D eigenvalue weighted by Gasteiger charge is -2.34. The van der Waals surface area contributed by atoms with E-state index in [2.05, 4.69) is 62.3 Å². The van der Waals surface area contributed by atoms with Gasteiger partial charge in [-0.25, -0.2) is 18.0 Å². The number of esters is 1. The van der Waals surface area contributed by atoms with Crippen LogP contribution in [0, 0.1) is 33.7 Å². The quantitative estimate of drug-likeness (QED) is 0.0674. The van der Waals surface area contributed by atoms with Crippen molar-refractivity contribution >= 4 is 5.97 Å². The van der Waals surface area contributed by atoms with Crippen LogP contribution in [0.15, 0.2) is 109 Å². The fourth-order valence-corrected chi connectivity index (χ4v) is 9.29. The minimum absolute atomic E-state index is 0.0726. The fourth-order valence-electron chi connectivity index (χ4n) is 9.29. The molecule has 3 atom stereocenters. The van der Waals surface area contributed by atoms with Crippen molar-refractivity contribution in [2.75, 3.05) is 49.8 Å². The van der Waals surface area contributed by atoms with Crippen molar-refractivity contribution in [2.24, 2.45) is 16.2 Å². The van der Waals surface area contributed by atoms with Crippen molar-refractivity contribution in [3.05, 3.63) is 160 Å². The van der Waals surface area contributed by atoms with E-state index in [0.29, 0.717) is 45.1 Å². The average Bonchev–Trinajstić information content (AvgIpc) is 3.45. The van der Waals surface area contributed by atoms with E-state index in [1.165, 1.54) is 32.4 Å². The molecule has 2 N–H and O–H groups in total. The highest BCUT2D eigenvalue weighted by atomic mass is 19.1. The first-order chi connectivity index (χ1) is 36.5. The first kappa shape index (κ1) is 63.3. The molecule has 0 aliphatic heterocycles. The lowest BCUT2D eigenvalue weighted by Crippen LogP contribution is -2.24. The smallest absolute Gasteiger partial charge is 0.337 e. The topological polar surface area (TPSA) is 122 Å². The zero-order valence-corrected chi connectivity index (χ0v) is 48.0. The number of aliphatic hydroxyl groups excluding tert-OH is 2. The summed E-state index contributed by atoms with van der Waals surface area (Å²) in [5.74, 6) is 0.295. The predicted molar refractivity (Wildman–Crippen MR) is 300 cm³/mol. The van der Waals surface area contributed by atoms with Crippen LogP contribution in [0.3, 0.4) is 0 Å². The van der Waals surface area contributed by atoms with Gasteiger partial charge in [-0.05, 0) is 147 Å². The molecular weight excluding hydrogens is 986 g/mol. The van der Waals surface area contributed by atoms with Crippen molar-refractivity contribution in [1.82, 2.24) is 0 Å². The number of rotatable bonds is 21. The van der Waals surface area contributed by atoms with Crippen LogP contribution in [-0.4, -0.2) is 66.0 Å². The summed E-state index contributed by atoms with van der Waals surface area (Å²) in [6, 6.07) is 30.2. The molecule has 0 saturated heterocycles. The average molecular weight is 1070 g/mol. The van der Waals surface area contributed by atoms with Crippen LogP contribution in [0.2, 0.25) is 0 Å². The summed E-state index contributed by atoms with van der Waals surface area (Å²) in [5, 5.41) is 19.1. The molecular formula is C64H81F3O10. The summed E-state index contributed by atoms with van der Waals surface area (Å²) in [4.78, 5) is 12.1. The van der Waals surface area contributed by atoms with E-state index in [-0.39, 0.29) is 65.2 Å². The number of methoxy groups -OCH3 is 7. The Hall–Kier alpha value is -6.22. The van der Waals surface area contributed by atoms with Crippen LogP contribution < -0.4 is 14.2 Å². The Morgan fingerprint density at radius 1 is 0.429 bits per heavy atom. The minimum Gasteiger partial charge on any atom is -0.497 e. The highest BCUT2D eigenvalue weighted by Crippen LogP contribution is 2.47. The Bertz CT molecular complexity index is 2750. The standard InChI is InChI=1S/C22H27FO4.2C21H27FO3/c1-7-22(2,3)20(26-5)18-12-14(21(24)27-6)8-10-16(18)17-13-15(25-4)9-11-19(17)23;2*1-6-21(2,3)20(25-5)18-11-14(13-23)7-9-16(18)17-12-15(24-4)8-10-19(17)22/h8-13,20H,7H2,1-6H3;2*7-12,20,23H,6,13H2,1-5H3/t;2*20-/m.10/s1. The third kappa shape index (κ3) is 15.3. The van der Waals surface area contributed by atoms with Crippen molar-refractivity contribution < 1.29 is 61.3 Å². The summed E-state index contributed by atoms with van der Waals surface area (Å²) >= 11 is 0. The maximum Gasteiger partial charge on any atom is 0.337 e.